The molecule has 1 rings (SSSR count). The molecule has 1 atom stereocenters. The van der Waals surface area contributed by atoms with Crippen LogP contribution in [0.15, 0.2) is 18.6 Å². The zero-order chi connectivity index (χ0) is 10.4. The summed E-state index contributed by atoms with van der Waals surface area (Å²) in [5, 5.41) is 12.6. The van der Waals surface area contributed by atoms with Crippen LogP contribution in [0.4, 0.5) is 0 Å². The van der Waals surface area contributed by atoms with Gasteiger partial charge in [-0.1, -0.05) is 13.8 Å². The highest BCUT2D eigenvalue weighted by Gasteiger charge is 2.07. The summed E-state index contributed by atoms with van der Waals surface area (Å²) in [5.74, 6) is 0.282. The van der Waals surface area contributed by atoms with Crippen LogP contribution in [0.5, 0.6) is 0 Å². The van der Waals surface area contributed by atoms with Crippen molar-refractivity contribution >= 4 is 0 Å². The van der Waals surface area contributed by atoms with Crippen LogP contribution >= 0.6 is 0 Å². The van der Waals surface area contributed by atoms with E-state index in [-0.39, 0.29) is 12.0 Å². The fourth-order valence-electron chi connectivity index (χ4n) is 1.01. The quantitative estimate of drug-likeness (QED) is 0.721. The van der Waals surface area contributed by atoms with Crippen LogP contribution in [0, 0.1) is 5.92 Å². The summed E-state index contributed by atoms with van der Waals surface area (Å²) in [6.45, 7) is 5.23. The summed E-state index contributed by atoms with van der Waals surface area (Å²) in [4.78, 5) is 8.07. The summed E-state index contributed by atoms with van der Waals surface area (Å²) in [6, 6.07) is 0. The van der Waals surface area contributed by atoms with Gasteiger partial charge in [-0.05, 0) is 5.92 Å². The van der Waals surface area contributed by atoms with Crippen LogP contribution in [0.25, 0.3) is 0 Å². The molecule has 0 aliphatic rings. The van der Waals surface area contributed by atoms with Crippen molar-refractivity contribution in [1.82, 2.24) is 15.3 Å². The second kappa shape index (κ2) is 5.67. The second-order valence-electron chi connectivity index (χ2n) is 3.64. The van der Waals surface area contributed by atoms with Gasteiger partial charge >= 0.3 is 0 Å². The fourth-order valence-corrected chi connectivity index (χ4v) is 1.01. The molecule has 0 spiro atoms. The maximum absolute atomic E-state index is 9.51. The van der Waals surface area contributed by atoms with Gasteiger partial charge in [-0.3, -0.25) is 9.97 Å². The number of nitrogens with zero attached hydrogens (tertiary/aromatic N) is 2. The molecule has 1 heterocycles. The summed E-state index contributed by atoms with van der Waals surface area (Å²) in [7, 11) is 0. The zero-order valence-electron chi connectivity index (χ0n) is 8.64. The Bertz CT molecular complexity index is 251. The maximum Gasteiger partial charge on any atom is 0.0724 e. The van der Waals surface area contributed by atoms with Crippen LogP contribution < -0.4 is 5.32 Å². The SMILES string of the molecule is CC(C)C(O)CNCc1cnccn1. The molecule has 1 aromatic rings. The molecule has 1 aromatic heterocycles. The Balaban J connectivity index is 2.22. The van der Waals surface area contributed by atoms with E-state index in [1.54, 1.807) is 18.6 Å². The van der Waals surface area contributed by atoms with Gasteiger partial charge in [0.05, 0.1) is 11.8 Å². The van der Waals surface area contributed by atoms with Crippen LogP contribution in [0.3, 0.4) is 0 Å². The highest BCUT2D eigenvalue weighted by Crippen LogP contribution is 1.99. The van der Waals surface area contributed by atoms with E-state index in [1.165, 1.54) is 0 Å². The van der Waals surface area contributed by atoms with Crippen molar-refractivity contribution in [3.8, 4) is 0 Å². The van der Waals surface area contributed by atoms with E-state index in [0.717, 1.165) is 5.69 Å². The number of aliphatic hydroxyl groups excluding tert-OH is 1. The lowest BCUT2D eigenvalue weighted by atomic mass is 10.1. The predicted octanol–water partition coefficient (Wildman–Crippen LogP) is 0.583. The Morgan fingerprint density at radius 1 is 1.43 bits per heavy atom. The number of aromatic nitrogens is 2. The van der Waals surface area contributed by atoms with E-state index in [9.17, 15) is 5.11 Å². The summed E-state index contributed by atoms with van der Waals surface area (Å²) >= 11 is 0. The van der Waals surface area contributed by atoms with Crippen molar-refractivity contribution in [3.63, 3.8) is 0 Å². The van der Waals surface area contributed by atoms with E-state index in [0.29, 0.717) is 13.1 Å². The number of rotatable bonds is 5. The van der Waals surface area contributed by atoms with E-state index < -0.39 is 0 Å². The smallest absolute Gasteiger partial charge is 0.0724 e. The number of hydrogen-bond donors (Lipinski definition) is 2. The topological polar surface area (TPSA) is 58.0 Å². The lowest BCUT2D eigenvalue weighted by Gasteiger charge is -2.14. The first-order valence-electron chi connectivity index (χ1n) is 4.84. The predicted molar refractivity (Wildman–Crippen MR) is 54.6 cm³/mol. The van der Waals surface area contributed by atoms with Gasteiger partial charge in [0, 0.05) is 31.7 Å². The van der Waals surface area contributed by atoms with Gasteiger partial charge in [0.1, 0.15) is 0 Å². The van der Waals surface area contributed by atoms with Gasteiger partial charge < -0.3 is 10.4 Å². The average molecular weight is 195 g/mol. The molecule has 0 saturated heterocycles. The molecule has 78 valence electrons. The summed E-state index contributed by atoms with van der Waals surface area (Å²) in [6.07, 6.45) is 4.73. The molecule has 0 fully saturated rings. The number of aliphatic hydroxyl groups is 1. The first-order chi connectivity index (χ1) is 6.70. The Kier molecular flexibility index (Phi) is 4.49. The van der Waals surface area contributed by atoms with Crippen molar-refractivity contribution in [3.05, 3.63) is 24.3 Å². The minimum Gasteiger partial charge on any atom is -0.392 e. The van der Waals surface area contributed by atoms with Gasteiger partial charge in [0.15, 0.2) is 0 Å². The fraction of sp³-hybridized carbons (Fsp3) is 0.600. The molecule has 0 aliphatic heterocycles. The molecule has 4 heteroatoms. The lowest BCUT2D eigenvalue weighted by Crippen LogP contribution is -2.30. The second-order valence-corrected chi connectivity index (χ2v) is 3.64. The van der Waals surface area contributed by atoms with Crippen molar-refractivity contribution < 1.29 is 5.11 Å². The molecule has 0 bridgehead atoms. The van der Waals surface area contributed by atoms with Crippen LogP contribution in [0.1, 0.15) is 19.5 Å². The number of nitrogens with one attached hydrogen (secondary N) is 1. The molecule has 0 aromatic carbocycles. The third kappa shape index (κ3) is 3.81. The van der Waals surface area contributed by atoms with E-state index in [2.05, 4.69) is 15.3 Å². The van der Waals surface area contributed by atoms with E-state index >= 15 is 0 Å². The first kappa shape index (κ1) is 11.1. The highest BCUT2D eigenvalue weighted by molar-refractivity contribution is 4.93. The minimum absolute atomic E-state index is 0.282. The van der Waals surface area contributed by atoms with Crippen molar-refractivity contribution in [1.29, 1.82) is 0 Å². The Hall–Kier alpha value is -1.00. The van der Waals surface area contributed by atoms with E-state index in [4.69, 9.17) is 0 Å². The van der Waals surface area contributed by atoms with Gasteiger partial charge in [0.2, 0.25) is 0 Å². The van der Waals surface area contributed by atoms with Gasteiger partial charge in [-0.15, -0.1) is 0 Å². The van der Waals surface area contributed by atoms with E-state index in [1.807, 2.05) is 13.8 Å². The van der Waals surface area contributed by atoms with Crippen molar-refractivity contribution in [2.24, 2.45) is 5.92 Å². The van der Waals surface area contributed by atoms with Crippen LogP contribution in [0.2, 0.25) is 0 Å². The number of hydrogen-bond acceptors (Lipinski definition) is 4. The lowest BCUT2D eigenvalue weighted by molar-refractivity contribution is 0.123. The van der Waals surface area contributed by atoms with Crippen LogP contribution in [-0.4, -0.2) is 27.7 Å². The maximum atomic E-state index is 9.51. The standard InChI is InChI=1S/C10H17N3O/c1-8(2)10(14)7-12-6-9-5-11-3-4-13-9/h3-5,8,10,12,14H,6-7H2,1-2H3. The molecular formula is C10H17N3O. The molecule has 2 N–H and O–H groups in total. The normalized spacial score (nSPS) is 13.1. The third-order valence-corrected chi connectivity index (χ3v) is 2.05. The van der Waals surface area contributed by atoms with Crippen LogP contribution in [-0.2, 0) is 6.54 Å². The highest BCUT2D eigenvalue weighted by atomic mass is 16.3. The van der Waals surface area contributed by atoms with Crippen molar-refractivity contribution in [2.45, 2.75) is 26.5 Å². The average Bonchev–Trinajstić information content (AvgIpc) is 2.19. The molecule has 0 radical (unpaired) electrons. The molecule has 4 nitrogen and oxygen atoms in total. The molecule has 0 amide bonds. The van der Waals surface area contributed by atoms with Gasteiger partial charge in [-0.2, -0.15) is 0 Å². The molecule has 14 heavy (non-hydrogen) atoms. The summed E-state index contributed by atoms with van der Waals surface area (Å²) < 4.78 is 0. The molecule has 0 saturated carbocycles. The molecule has 0 aliphatic carbocycles. The summed E-state index contributed by atoms with van der Waals surface area (Å²) in [5.41, 5.74) is 0.892. The Morgan fingerprint density at radius 3 is 2.79 bits per heavy atom. The molecular weight excluding hydrogens is 178 g/mol. The minimum atomic E-state index is -0.299. The van der Waals surface area contributed by atoms with Gasteiger partial charge in [-0.25, -0.2) is 0 Å². The molecule has 1 unspecified atom stereocenters. The first-order valence-corrected chi connectivity index (χ1v) is 4.84. The Labute approximate surface area is 84.4 Å². The Morgan fingerprint density at radius 2 is 2.21 bits per heavy atom. The third-order valence-electron chi connectivity index (χ3n) is 2.05. The van der Waals surface area contributed by atoms with Crippen molar-refractivity contribution in [2.75, 3.05) is 6.54 Å². The van der Waals surface area contributed by atoms with Gasteiger partial charge in [0.25, 0.3) is 0 Å². The monoisotopic (exact) mass is 195 g/mol. The zero-order valence-corrected chi connectivity index (χ0v) is 8.64. The largest absolute Gasteiger partial charge is 0.392 e.